The van der Waals surface area contributed by atoms with Crippen LogP contribution < -0.4 is 0 Å². The molecule has 8 nitrogen and oxygen atoms in total. The lowest BCUT2D eigenvalue weighted by Crippen LogP contribution is -2.40. The Bertz CT molecular complexity index is 990. The zero-order valence-corrected chi connectivity index (χ0v) is 17.6. The molecule has 1 aromatic heterocycles. The van der Waals surface area contributed by atoms with Crippen LogP contribution in [0, 0.1) is 13.8 Å². The predicted octanol–water partition coefficient (Wildman–Crippen LogP) is 2.06. The molecular formula is C20H26N2O6S. The van der Waals surface area contributed by atoms with Gasteiger partial charge in [-0.05, 0) is 44.0 Å². The van der Waals surface area contributed by atoms with E-state index < -0.39 is 22.1 Å². The van der Waals surface area contributed by atoms with E-state index >= 15 is 0 Å². The van der Waals surface area contributed by atoms with Gasteiger partial charge in [0, 0.05) is 24.3 Å². The number of nitrogens with zero attached hydrogens (tertiary/aromatic N) is 1. The number of aryl methyl sites for hydroxylation is 1. The van der Waals surface area contributed by atoms with Gasteiger partial charge in [-0.15, -0.1) is 0 Å². The van der Waals surface area contributed by atoms with Gasteiger partial charge >= 0.3 is 5.97 Å². The lowest BCUT2D eigenvalue weighted by atomic mass is 10.1. The number of carbonyl (C=O) groups excluding carboxylic acids is 1. The number of esters is 1. The van der Waals surface area contributed by atoms with Gasteiger partial charge in [-0.25, -0.2) is 13.2 Å². The van der Waals surface area contributed by atoms with E-state index in [0.29, 0.717) is 48.7 Å². The fraction of sp³-hybridized carbons (Fsp3) is 0.450. The van der Waals surface area contributed by atoms with Crippen LogP contribution in [0.2, 0.25) is 0 Å². The number of aliphatic hydroxyl groups is 1. The molecule has 0 radical (unpaired) electrons. The molecule has 1 aromatic carbocycles. The van der Waals surface area contributed by atoms with Crippen molar-refractivity contribution in [3.05, 3.63) is 52.3 Å². The summed E-state index contributed by atoms with van der Waals surface area (Å²) in [5, 5.41) is 9.86. The number of aromatic amines is 1. The van der Waals surface area contributed by atoms with Crippen molar-refractivity contribution in [2.24, 2.45) is 0 Å². The largest absolute Gasteiger partial charge is 0.456 e. The normalized spacial score (nSPS) is 16.6. The molecule has 0 spiro atoms. The second-order valence-electron chi connectivity index (χ2n) is 7.08. The van der Waals surface area contributed by atoms with E-state index in [1.54, 1.807) is 32.9 Å². The number of aliphatic hydroxyl groups excluding tert-OH is 1. The first-order valence-corrected chi connectivity index (χ1v) is 10.9. The van der Waals surface area contributed by atoms with Crippen LogP contribution in [-0.4, -0.2) is 55.1 Å². The minimum atomic E-state index is -3.61. The number of morpholine rings is 1. The molecular weight excluding hydrogens is 396 g/mol. The molecule has 0 unspecified atom stereocenters. The van der Waals surface area contributed by atoms with Crippen molar-refractivity contribution in [3.8, 4) is 0 Å². The number of hydrogen-bond acceptors (Lipinski definition) is 6. The van der Waals surface area contributed by atoms with Crippen LogP contribution in [0.5, 0.6) is 0 Å². The maximum absolute atomic E-state index is 12.8. The molecule has 158 valence electrons. The SMILES string of the molecule is Cc1[nH]c(C(=O)OCc2cccc(S(=O)(=O)N3CCOCC3)c2)c(C)c1[C@H](C)O. The van der Waals surface area contributed by atoms with Gasteiger partial charge in [0.05, 0.1) is 24.2 Å². The molecule has 2 N–H and O–H groups in total. The Hall–Kier alpha value is -2.20. The highest BCUT2D eigenvalue weighted by Crippen LogP contribution is 2.25. The van der Waals surface area contributed by atoms with E-state index in [-0.39, 0.29) is 17.2 Å². The molecule has 3 rings (SSSR count). The molecule has 0 saturated carbocycles. The minimum Gasteiger partial charge on any atom is -0.456 e. The van der Waals surface area contributed by atoms with Crippen LogP contribution in [0.4, 0.5) is 0 Å². The van der Waals surface area contributed by atoms with Crippen molar-refractivity contribution in [2.75, 3.05) is 26.3 Å². The number of aromatic nitrogens is 1. The smallest absolute Gasteiger partial charge is 0.355 e. The Morgan fingerprint density at radius 3 is 2.62 bits per heavy atom. The van der Waals surface area contributed by atoms with Crippen LogP contribution in [0.3, 0.4) is 0 Å². The fourth-order valence-corrected chi connectivity index (χ4v) is 5.03. The van der Waals surface area contributed by atoms with Gasteiger partial charge in [-0.3, -0.25) is 0 Å². The summed E-state index contributed by atoms with van der Waals surface area (Å²) in [6, 6.07) is 6.39. The van der Waals surface area contributed by atoms with E-state index in [4.69, 9.17) is 9.47 Å². The van der Waals surface area contributed by atoms with Crippen LogP contribution in [0.25, 0.3) is 0 Å². The first-order valence-electron chi connectivity index (χ1n) is 9.43. The quantitative estimate of drug-likeness (QED) is 0.690. The molecule has 0 amide bonds. The number of rotatable bonds is 6. The van der Waals surface area contributed by atoms with Gasteiger partial charge in [0.1, 0.15) is 12.3 Å². The molecule has 2 aromatic rings. The van der Waals surface area contributed by atoms with E-state index in [1.807, 2.05) is 0 Å². The molecule has 0 bridgehead atoms. The molecule has 1 atom stereocenters. The zero-order valence-electron chi connectivity index (χ0n) is 16.8. The Labute approximate surface area is 170 Å². The Morgan fingerprint density at radius 2 is 2.00 bits per heavy atom. The predicted molar refractivity (Wildman–Crippen MR) is 106 cm³/mol. The van der Waals surface area contributed by atoms with Crippen LogP contribution in [0.15, 0.2) is 29.2 Å². The number of sulfonamides is 1. The number of H-pyrrole nitrogens is 1. The molecule has 1 fully saturated rings. The summed E-state index contributed by atoms with van der Waals surface area (Å²) < 4.78 is 37.5. The Morgan fingerprint density at radius 1 is 1.31 bits per heavy atom. The third-order valence-corrected chi connectivity index (χ3v) is 6.89. The van der Waals surface area contributed by atoms with Crippen molar-refractivity contribution in [2.45, 2.75) is 38.4 Å². The molecule has 1 aliphatic rings. The minimum absolute atomic E-state index is 0.0627. The average Bonchev–Trinajstić information content (AvgIpc) is 3.01. The summed E-state index contributed by atoms with van der Waals surface area (Å²) in [4.78, 5) is 15.6. The summed E-state index contributed by atoms with van der Waals surface area (Å²) in [6.07, 6.45) is -0.699. The summed E-state index contributed by atoms with van der Waals surface area (Å²) in [6.45, 7) is 6.49. The van der Waals surface area contributed by atoms with Gasteiger partial charge in [0.15, 0.2) is 0 Å². The van der Waals surface area contributed by atoms with Gasteiger partial charge in [0.25, 0.3) is 0 Å². The number of nitrogens with one attached hydrogen (secondary N) is 1. The van der Waals surface area contributed by atoms with E-state index in [2.05, 4.69) is 4.98 Å². The van der Waals surface area contributed by atoms with Gasteiger partial charge in [0.2, 0.25) is 10.0 Å². The fourth-order valence-electron chi connectivity index (χ4n) is 3.55. The summed E-state index contributed by atoms with van der Waals surface area (Å²) in [5.41, 5.74) is 2.89. The monoisotopic (exact) mass is 422 g/mol. The second kappa shape index (κ2) is 8.66. The number of ether oxygens (including phenoxy) is 2. The third kappa shape index (κ3) is 4.53. The highest BCUT2D eigenvalue weighted by Gasteiger charge is 2.26. The maximum Gasteiger partial charge on any atom is 0.355 e. The first kappa shape index (κ1) is 21.5. The van der Waals surface area contributed by atoms with Crippen LogP contribution >= 0.6 is 0 Å². The maximum atomic E-state index is 12.8. The summed E-state index contributed by atoms with van der Waals surface area (Å²) in [5.74, 6) is -0.557. The number of carbonyl (C=O) groups is 1. The lowest BCUT2D eigenvalue weighted by molar-refractivity contribution is 0.0465. The van der Waals surface area contributed by atoms with Gasteiger partial charge in [-0.2, -0.15) is 4.31 Å². The van der Waals surface area contributed by atoms with Gasteiger partial charge in [-0.1, -0.05) is 12.1 Å². The highest BCUT2D eigenvalue weighted by molar-refractivity contribution is 7.89. The Balaban J connectivity index is 1.73. The molecule has 29 heavy (non-hydrogen) atoms. The summed E-state index contributed by atoms with van der Waals surface area (Å²) >= 11 is 0. The molecule has 0 aliphatic carbocycles. The topological polar surface area (TPSA) is 109 Å². The molecule has 1 aliphatic heterocycles. The third-order valence-electron chi connectivity index (χ3n) is 4.99. The summed E-state index contributed by atoms with van der Waals surface area (Å²) in [7, 11) is -3.61. The highest BCUT2D eigenvalue weighted by atomic mass is 32.2. The first-order chi connectivity index (χ1) is 13.7. The van der Waals surface area contributed by atoms with Crippen molar-refractivity contribution < 1.29 is 27.8 Å². The second-order valence-corrected chi connectivity index (χ2v) is 9.02. The average molecular weight is 423 g/mol. The molecule has 2 heterocycles. The number of hydrogen-bond donors (Lipinski definition) is 2. The van der Waals surface area contributed by atoms with E-state index in [0.717, 1.165) is 0 Å². The number of benzene rings is 1. The van der Waals surface area contributed by atoms with Crippen molar-refractivity contribution in [1.29, 1.82) is 0 Å². The van der Waals surface area contributed by atoms with Crippen molar-refractivity contribution in [3.63, 3.8) is 0 Å². The van der Waals surface area contributed by atoms with E-state index in [9.17, 15) is 18.3 Å². The lowest BCUT2D eigenvalue weighted by Gasteiger charge is -2.26. The van der Waals surface area contributed by atoms with E-state index in [1.165, 1.54) is 16.4 Å². The standard InChI is InChI=1S/C20H26N2O6S/c1-13-18(15(3)23)14(2)21-19(13)20(24)28-12-16-5-4-6-17(11-16)29(25,26)22-7-9-27-10-8-22/h4-6,11,15,21,23H,7-10,12H2,1-3H3/t15-/m0/s1. The molecule has 1 saturated heterocycles. The zero-order chi connectivity index (χ0) is 21.2. The van der Waals surface area contributed by atoms with Crippen LogP contribution in [-0.2, 0) is 26.1 Å². The van der Waals surface area contributed by atoms with Gasteiger partial charge < -0.3 is 19.6 Å². The van der Waals surface area contributed by atoms with Crippen molar-refractivity contribution in [1.82, 2.24) is 9.29 Å². The Kier molecular flexibility index (Phi) is 6.42. The van der Waals surface area contributed by atoms with Crippen molar-refractivity contribution >= 4 is 16.0 Å². The van der Waals surface area contributed by atoms with Crippen LogP contribution in [0.1, 0.15) is 45.9 Å². The molecule has 9 heteroatoms.